The van der Waals surface area contributed by atoms with Gasteiger partial charge in [-0.25, -0.2) is 28.3 Å². The fourth-order valence-corrected chi connectivity index (χ4v) is 9.06. The summed E-state index contributed by atoms with van der Waals surface area (Å²) in [7, 11) is 2.27. The second-order valence-electron chi connectivity index (χ2n) is 15.5. The highest BCUT2D eigenvalue weighted by molar-refractivity contribution is 6.15. The van der Waals surface area contributed by atoms with E-state index in [1.54, 1.807) is 170 Å². The van der Waals surface area contributed by atoms with E-state index < -0.39 is 68.5 Å². The minimum atomic E-state index is -2.20. The molecule has 0 radical (unpaired) electrons. The third-order valence-corrected chi connectivity index (χ3v) is 11.9. The van der Waals surface area contributed by atoms with E-state index in [0.29, 0.717) is 22.3 Å². The van der Waals surface area contributed by atoms with E-state index in [4.69, 9.17) is 9.47 Å². The lowest BCUT2D eigenvalue weighted by atomic mass is 9.87. The van der Waals surface area contributed by atoms with Gasteiger partial charge in [0.2, 0.25) is 22.9 Å². The van der Waals surface area contributed by atoms with E-state index in [9.17, 15) is 9.59 Å². The van der Waals surface area contributed by atoms with Crippen LogP contribution in [0, 0.1) is 13.8 Å². The van der Waals surface area contributed by atoms with Crippen molar-refractivity contribution >= 4 is 23.5 Å². The topological polar surface area (TPSA) is 141 Å². The molecule has 0 bridgehead atoms. The van der Waals surface area contributed by atoms with Gasteiger partial charge in [0.25, 0.3) is 11.1 Å². The number of benzene rings is 6. The number of methoxy groups -OCH3 is 2. The molecule has 0 aliphatic carbocycles. The Balaban J connectivity index is 1.65. The Kier molecular flexibility index (Phi) is 10.1. The maximum absolute atomic E-state index is 16.3. The Bertz CT molecular complexity index is 2940. The minimum Gasteiger partial charge on any atom is -0.464 e. The maximum Gasteiger partial charge on any atom is 0.357 e. The molecule has 8 aromatic rings. The minimum absolute atomic E-state index is 0.101. The van der Waals surface area contributed by atoms with Gasteiger partial charge in [0.15, 0.2) is 11.4 Å². The number of aromatic nitrogens is 4. The van der Waals surface area contributed by atoms with Gasteiger partial charge in [-0.3, -0.25) is 19.2 Å². The first-order valence-electron chi connectivity index (χ1n) is 20.4. The number of carbonyl (C=O) groups excluding carboxylic acids is 4. The highest BCUT2D eigenvalue weighted by Gasteiger charge is 2.61. The van der Waals surface area contributed by atoms with Gasteiger partial charge in [-0.05, 0) is 13.8 Å². The molecule has 12 nitrogen and oxygen atoms in total. The SMILES string of the molecule is COC(=O)c1c(C(=O)c2ccc(C)cc2)c(=O)n2n1C(c1ccccc1)(c1ccccc1)n1c(=O)c(C(=O)c3ccc(C)cc3)c(C(=O)OC)n1C2(c1ccccc1)c1ccccc1. The van der Waals surface area contributed by atoms with Crippen molar-refractivity contribution in [2.24, 2.45) is 0 Å². The number of nitrogens with zero attached hydrogens (tertiary/aromatic N) is 4. The number of esters is 2. The number of hydrogen-bond acceptors (Lipinski definition) is 8. The Hall–Kier alpha value is -8.38. The number of hydrogen-bond donors (Lipinski definition) is 0. The van der Waals surface area contributed by atoms with Crippen LogP contribution in [0.5, 0.6) is 0 Å². The van der Waals surface area contributed by atoms with Crippen molar-refractivity contribution in [3.8, 4) is 0 Å². The van der Waals surface area contributed by atoms with Crippen molar-refractivity contribution in [1.82, 2.24) is 18.7 Å². The van der Waals surface area contributed by atoms with E-state index in [2.05, 4.69) is 0 Å². The zero-order valence-electron chi connectivity index (χ0n) is 35.2. The molecule has 0 N–H and O–H groups in total. The van der Waals surface area contributed by atoms with Crippen molar-refractivity contribution in [3.63, 3.8) is 0 Å². The number of ether oxygens (including phenoxy) is 2. The molecule has 0 amide bonds. The number of carbonyl (C=O) groups is 4. The van der Waals surface area contributed by atoms with Crippen molar-refractivity contribution < 1.29 is 28.7 Å². The van der Waals surface area contributed by atoms with Crippen LogP contribution in [0.25, 0.3) is 0 Å². The monoisotopic (exact) mass is 848 g/mol. The summed E-state index contributed by atoms with van der Waals surface area (Å²) in [6.07, 6.45) is 0. The molecule has 2 aromatic heterocycles. The first-order valence-corrected chi connectivity index (χ1v) is 20.4. The van der Waals surface area contributed by atoms with Gasteiger partial charge in [-0.2, -0.15) is 0 Å². The zero-order chi connectivity index (χ0) is 44.9. The van der Waals surface area contributed by atoms with Crippen LogP contribution in [0.3, 0.4) is 0 Å². The van der Waals surface area contributed by atoms with Crippen molar-refractivity contribution in [1.29, 1.82) is 0 Å². The van der Waals surface area contributed by atoms with E-state index in [0.717, 1.165) is 25.3 Å². The highest BCUT2D eigenvalue weighted by atomic mass is 16.5. The van der Waals surface area contributed by atoms with E-state index in [-0.39, 0.29) is 11.1 Å². The number of ketones is 2. The lowest BCUT2D eigenvalue weighted by molar-refractivity contribution is 0.0415. The zero-order valence-corrected chi connectivity index (χ0v) is 35.2. The number of aryl methyl sites for hydroxylation is 2. The summed E-state index contributed by atoms with van der Waals surface area (Å²) in [4.78, 5) is 92.9. The van der Waals surface area contributed by atoms with Crippen LogP contribution in [0.1, 0.15) is 86.2 Å². The van der Waals surface area contributed by atoms with Gasteiger partial charge in [0.05, 0.1) is 14.2 Å². The maximum atomic E-state index is 16.3. The molecule has 3 heterocycles. The molecule has 316 valence electrons. The van der Waals surface area contributed by atoms with Crippen LogP contribution < -0.4 is 11.1 Å². The van der Waals surface area contributed by atoms with Crippen LogP contribution in [0.4, 0.5) is 0 Å². The van der Waals surface area contributed by atoms with E-state index in [1.807, 2.05) is 13.8 Å². The number of fused-ring (bicyclic) bond motifs is 2. The number of rotatable bonds is 10. The molecule has 0 saturated heterocycles. The van der Waals surface area contributed by atoms with Crippen molar-refractivity contribution in [2.45, 2.75) is 25.2 Å². The molecule has 12 heteroatoms. The van der Waals surface area contributed by atoms with Crippen molar-refractivity contribution in [2.75, 3.05) is 14.2 Å². The molecular weight excluding hydrogens is 809 g/mol. The van der Waals surface area contributed by atoms with E-state index >= 15 is 19.2 Å². The lowest BCUT2D eigenvalue weighted by Gasteiger charge is -2.52. The van der Waals surface area contributed by atoms with Crippen LogP contribution in [-0.2, 0) is 20.8 Å². The average Bonchev–Trinajstić information content (AvgIpc) is 3.83. The normalized spacial score (nSPS) is 13.3. The van der Waals surface area contributed by atoms with Gasteiger partial charge in [-0.15, -0.1) is 0 Å². The van der Waals surface area contributed by atoms with Gasteiger partial charge >= 0.3 is 11.9 Å². The average molecular weight is 849 g/mol. The highest BCUT2D eigenvalue weighted by Crippen LogP contribution is 2.48. The summed E-state index contributed by atoms with van der Waals surface area (Å²) in [5, 5.41) is 0. The van der Waals surface area contributed by atoms with Crippen LogP contribution >= 0.6 is 0 Å². The summed E-state index contributed by atoms with van der Waals surface area (Å²) >= 11 is 0. The van der Waals surface area contributed by atoms with Gasteiger partial charge in [0, 0.05) is 33.4 Å². The molecule has 0 atom stereocenters. The summed E-state index contributed by atoms with van der Waals surface area (Å²) < 4.78 is 16.2. The Morgan fingerprint density at radius 3 is 0.906 bits per heavy atom. The molecule has 1 aliphatic heterocycles. The first kappa shape index (κ1) is 41.0. The lowest BCUT2D eigenvalue weighted by Crippen LogP contribution is -2.67. The van der Waals surface area contributed by atoms with Gasteiger partial charge in [-0.1, -0.05) is 181 Å². The second kappa shape index (κ2) is 15.8. The van der Waals surface area contributed by atoms with Gasteiger partial charge in [0.1, 0.15) is 11.1 Å². The van der Waals surface area contributed by atoms with Crippen LogP contribution in [0.2, 0.25) is 0 Å². The predicted octanol–water partition coefficient (Wildman–Crippen LogP) is 7.17. The summed E-state index contributed by atoms with van der Waals surface area (Å²) in [5.41, 5.74) is -5.35. The van der Waals surface area contributed by atoms with Crippen LogP contribution in [-0.4, -0.2) is 56.5 Å². The predicted molar refractivity (Wildman–Crippen MR) is 238 cm³/mol. The van der Waals surface area contributed by atoms with Crippen LogP contribution in [0.15, 0.2) is 179 Å². The summed E-state index contributed by atoms with van der Waals surface area (Å²) in [5.74, 6) is -3.75. The molecule has 0 fully saturated rings. The molecule has 0 saturated carbocycles. The molecule has 0 unspecified atom stereocenters. The van der Waals surface area contributed by atoms with Gasteiger partial charge < -0.3 is 9.47 Å². The summed E-state index contributed by atoms with van der Waals surface area (Å²) in [6, 6.07) is 47.5. The fraction of sp³-hybridized carbons (Fsp3) is 0.115. The molecule has 1 aliphatic rings. The molecule has 6 aromatic carbocycles. The quantitative estimate of drug-likeness (QED) is 0.104. The third kappa shape index (κ3) is 5.83. The Morgan fingerprint density at radius 2 is 0.656 bits per heavy atom. The van der Waals surface area contributed by atoms with Crippen molar-refractivity contribution in [3.05, 3.63) is 258 Å². The standard InChI is InChI=1S/C52H40N4O8/c1-33-25-29-35(30-26-33)45(57)41-43(49(61)63-3)53-51(37-17-9-5-10-18-37,38-19-11-6-12-20-38)56-48(60)42(46(58)36-31-27-34(2)28-32-36)44(50(62)64-4)54(56)52(55(53)47(41)59,39-21-13-7-14-22-39)40-23-15-8-16-24-40/h5-32H,1-4H3. The largest absolute Gasteiger partial charge is 0.464 e. The molecule has 64 heavy (non-hydrogen) atoms. The molecular formula is C52H40N4O8. The molecule has 0 spiro atoms. The fourth-order valence-electron chi connectivity index (χ4n) is 9.06. The van der Waals surface area contributed by atoms with E-state index in [1.165, 1.54) is 18.7 Å². The third-order valence-electron chi connectivity index (χ3n) is 11.9. The summed E-state index contributed by atoms with van der Waals surface area (Å²) in [6.45, 7) is 3.70. The first-order chi connectivity index (χ1) is 31.0. The Morgan fingerprint density at radius 1 is 0.391 bits per heavy atom. The second-order valence-corrected chi connectivity index (χ2v) is 15.5. The smallest absolute Gasteiger partial charge is 0.357 e. The molecule has 9 rings (SSSR count). The Labute approximate surface area is 366 Å².